The van der Waals surface area contributed by atoms with Crippen molar-refractivity contribution in [3.05, 3.63) is 62.9 Å². The van der Waals surface area contributed by atoms with Gasteiger partial charge in [-0.1, -0.05) is 143 Å². The normalized spacial score (nSPS) is 12.4. The van der Waals surface area contributed by atoms with Crippen molar-refractivity contribution < 1.29 is 91.4 Å². The van der Waals surface area contributed by atoms with E-state index in [1.54, 1.807) is 0 Å². The zero-order valence-electron chi connectivity index (χ0n) is 56.5. The van der Waals surface area contributed by atoms with E-state index in [9.17, 15) is 37.5 Å². The quantitative estimate of drug-likeness (QED) is 0.0273. The van der Waals surface area contributed by atoms with E-state index in [2.05, 4.69) is 4.74 Å². The average molecular weight is 1560 g/mol. The van der Waals surface area contributed by atoms with E-state index in [0.29, 0.717) is 48.7 Å². The number of aromatic nitrogens is 6. The Morgan fingerprint density at radius 2 is 0.475 bits per heavy atom. The lowest BCUT2D eigenvalue weighted by Gasteiger charge is -2.38. The molecule has 0 aliphatic carbocycles. The molecule has 0 radical (unpaired) electrons. The zero-order chi connectivity index (χ0) is 74.4. The number of aliphatic hydroxyl groups is 4. The summed E-state index contributed by atoms with van der Waals surface area (Å²) in [6.45, 7) is -8.24. The smallest absolute Gasteiger partial charge is 0.396 e. The Balaban J connectivity index is 0. The second kappa shape index (κ2) is 55.2. The topological polar surface area (TPSA) is 239 Å². The fourth-order valence-electron chi connectivity index (χ4n) is 10.2. The van der Waals surface area contributed by atoms with Gasteiger partial charge in [-0.2, -0.15) is 99.7 Å². The van der Waals surface area contributed by atoms with Crippen LogP contribution in [-0.4, -0.2) is 162 Å². The Morgan fingerprint density at radius 3 is 0.703 bits per heavy atom. The van der Waals surface area contributed by atoms with Crippen LogP contribution in [0.3, 0.4) is 0 Å². The van der Waals surface area contributed by atoms with Crippen LogP contribution in [0.1, 0.15) is 220 Å². The Hall–Kier alpha value is -3.29. The third-order valence-electron chi connectivity index (χ3n) is 15.9. The molecule has 0 spiro atoms. The van der Waals surface area contributed by atoms with Crippen LogP contribution in [0.15, 0.2) is 28.8 Å². The molecule has 2 aromatic rings. The molecule has 0 atom stereocenters. The minimum atomic E-state index is -7.91. The van der Waals surface area contributed by atoms with Crippen LogP contribution < -0.4 is 34.1 Å². The molecule has 0 saturated heterocycles. The summed E-state index contributed by atoms with van der Waals surface area (Å²) < 4.78 is 209. The molecular weight excluding hydrogens is 1450 g/mol. The summed E-state index contributed by atoms with van der Waals surface area (Å²) in [4.78, 5) is 90.0. The first-order valence-corrected chi connectivity index (χ1v) is 39.0. The van der Waals surface area contributed by atoms with Gasteiger partial charge in [-0.15, -0.1) is 8.78 Å². The van der Waals surface area contributed by atoms with E-state index < -0.39 is 125 Å². The van der Waals surface area contributed by atoms with Crippen LogP contribution in [0, 0.1) is 0 Å². The molecule has 596 valence electrons. The molecule has 0 unspecified atom stereocenters. The number of aliphatic hydroxyl groups excluding tert-OH is 4. The van der Waals surface area contributed by atoms with Gasteiger partial charge in [0.05, 0.1) is 0 Å². The Kier molecular flexibility index (Phi) is 54.5. The summed E-state index contributed by atoms with van der Waals surface area (Å²) in [6.07, 6.45) is 6.19. The number of nitrogens with zero attached hydrogens (tertiary/aromatic N) is 6. The number of halogens is 14. The standard InChI is InChI=1S/C62H104F12N6O11S4.CF2O.2CH4/c63-57(64,49-79-53(87)75(33-29-45-92-41-25-17-9-1-5-13-21-37-81)51(85)76(54(79)88)34-30-46-93-42-26-18-10-2-6-14-22-38-82)59(67,68)60(69,70)62(73,74)91-61(71,72)58(65,66)50-80-55(89)77(35-31-47-94-43-27-19-11-3-7-15-23-39-83)52(86)78(56(80)90)36-32-48-95-44-28-20-12-4-8-16-24-40-84;2-1(3)4;;/h81-84H,1-50H2;;2*1H4. The first-order chi connectivity index (χ1) is 46.9. The van der Waals surface area contributed by atoms with Crippen molar-refractivity contribution in [3.63, 3.8) is 0 Å². The van der Waals surface area contributed by atoms with Crippen LogP contribution in [0.25, 0.3) is 0 Å². The van der Waals surface area contributed by atoms with E-state index in [4.69, 9.17) is 25.2 Å². The number of hydrogen-bond acceptors (Lipinski definition) is 16. The third-order valence-corrected chi connectivity index (χ3v) is 20.5. The zero-order valence-corrected chi connectivity index (χ0v) is 59.8. The molecule has 101 heavy (non-hydrogen) atoms. The maximum Gasteiger partial charge on any atom is 0.483 e. The molecule has 0 saturated carbocycles. The van der Waals surface area contributed by atoms with Gasteiger partial charge in [0.1, 0.15) is 13.1 Å². The lowest BCUT2D eigenvalue weighted by atomic mass is 10.0. The molecule has 0 bridgehead atoms. The average Bonchev–Trinajstić information content (AvgIpc) is 0.729. The molecule has 0 aliphatic heterocycles. The highest BCUT2D eigenvalue weighted by atomic mass is 32.2. The van der Waals surface area contributed by atoms with Gasteiger partial charge in [-0.05, 0) is 123 Å². The van der Waals surface area contributed by atoms with Crippen molar-refractivity contribution in [2.24, 2.45) is 0 Å². The third kappa shape index (κ3) is 37.2. The summed E-state index contributed by atoms with van der Waals surface area (Å²) in [5, 5.41) is 35.8. The fraction of sp³-hybridized carbons (Fsp3) is 0.892. The highest BCUT2D eigenvalue weighted by Crippen LogP contribution is 2.55. The first kappa shape index (κ1) is 99.8. The maximum absolute atomic E-state index is 15.9. The number of thioether (sulfide) groups is 4. The Bertz CT molecular complexity index is 2750. The molecule has 36 heteroatoms. The monoisotopic (exact) mass is 1560 g/mol. The summed E-state index contributed by atoms with van der Waals surface area (Å²) >= 11 is 5.49. The van der Waals surface area contributed by atoms with Crippen LogP contribution in [0.5, 0.6) is 0 Å². The van der Waals surface area contributed by atoms with Crippen LogP contribution >= 0.6 is 47.0 Å². The number of alkyl halides is 12. The number of rotatable bonds is 62. The van der Waals surface area contributed by atoms with Crippen LogP contribution in [-0.2, 0) is 44.0 Å². The number of carbonyl (C=O) groups is 1. The molecule has 0 amide bonds. The molecule has 0 aliphatic rings. The number of unbranched alkanes of at least 4 members (excludes halogenated alkanes) is 24. The predicted octanol–water partition coefficient (Wildman–Crippen LogP) is 14.8. The van der Waals surface area contributed by atoms with Gasteiger partial charge in [0.2, 0.25) is 0 Å². The number of carbonyl (C=O) groups excluding carboxylic acids is 1. The number of ether oxygens (including phenoxy) is 1. The summed E-state index contributed by atoms with van der Waals surface area (Å²) in [6, 6.07) is 0. The van der Waals surface area contributed by atoms with Gasteiger partial charge in [-0.3, -0.25) is 0 Å². The van der Waals surface area contributed by atoms with Crippen molar-refractivity contribution in [1.29, 1.82) is 0 Å². The van der Waals surface area contributed by atoms with Gasteiger partial charge in [0.25, 0.3) is 0 Å². The fourth-order valence-corrected chi connectivity index (χ4v) is 14.0. The van der Waals surface area contributed by atoms with Crippen molar-refractivity contribution >= 4 is 53.3 Å². The largest absolute Gasteiger partial charge is 0.483 e. The minimum Gasteiger partial charge on any atom is -0.396 e. The lowest BCUT2D eigenvalue weighted by Crippen LogP contribution is -2.67. The second-order valence-corrected chi connectivity index (χ2v) is 28.9. The van der Waals surface area contributed by atoms with E-state index in [0.717, 1.165) is 154 Å². The van der Waals surface area contributed by atoms with Crippen molar-refractivity contribution in [2.45, 2.75) is 295 Å². The van der Waals surface area contributed by atoms with E-state index in [-0.39, 0.29) is 108 Å². The maximum atomic E-state index is 15.9. The van der Waals surface area contributed by atoms with E-state index >= 15 is 52.7 Å². The molecule has 0 aromatic carbocycles. The summed E-state index contributed by atoms with van der Waals surface area (Å²) in [5.74, 6) is -25.3. The first-order valence-electron chi connectivity index (χ1n) is 34.3. The molecule has 0 fully saturated rings. The molecular formula is C65H112F14N6O12S4. The lowest BCUT2D eigenvalue weighted by molar-refractivity contribution is -0.497. The molecule has 2 rings (SSSR count). The molecule has 4 N–H and O–H groups in total. The van der Waals surface area contributed by atoms with Crippen molar-refractivity contribution in [3.8, 4) is 0 Å². The highest BCUT2D eigenvalue weighted by Gasteiger charge is 2.84. The van der Waals surface area contributed by atoms with Crippen molar-refractivity contribution in [2.75, 3.05) is 72.5 Å². The highest BCUT2D eigenvalue weighted by molar-refractivity contribution is 7.99. The predicted molar refractivity (Wildman–Crippen MR) is 376 cm³/mol. The van der Waals surface area contributed by atoms with Crippen LogP contribution in [0.4, 0.5) is 66.3 Å². The van der Waals surface area contributed by atoms with Crippen molar-refractivity contribution in [1.82, 2.24) is 27.4 Å². The second-order valence-electron chi connectivity index (χ2n) is 24.1. The summed E-state index contributed by atoms with van der Waals surface area (Å²) in [7, 11) is 0. The van der Waals surface area contributed by atoms with Gasteiger partial charge in [-0.25, -0.2) is 65.7 Å². The van der Waals surface area contributed by atoms with Crippen LogP contribution in [0.2, 0.25) is 0 Å². The number of hydrogen-bond donors (Lipinski definition) is 4. The van der Waals surface area contributed by atoms with E-state index in [1.807, 2.05) is 0 Å². The molecule has 2 aromatic heterocycles. The van der Waals surface area contributed by atoms with Gasteiger partial charge < -0.3 is 20.4 Å². The minimum absolute atomic E-state index is 0. The van der Waals surface area contributed by atoms with Gasteiger partial charge >= 0.3 is 76.3 Å². The van der Waals surface area contributed by atoms with Gasteiger partial charge in [0, 0.05) is 52.6 Å². The Labute approximate surface area is 600 Å². The molecule has 2 heterocycles. The summed E-state index contributed by atoms with van der Waals surface area (Å²) in [5.41, 5.74) is -10.8. The Morgan fingerprint density at radius 1 is 0.287 bits per heavy atom. The van der Waals surface area contributed by atoms with Gasteiger partial charge in [0.15, 0.2) is 0 Å². The molecule has 18 nitrogen and oxygen atoms in total. The van der Waals surface area contributed by atoms with E-state index in [1.165, 1.54) is 47.0 Å². The SMILES string of the molecule is C.C.O=C(F)F.O=c1n(CCCSCCCCCCCCCO)c(=O)n(CC(F)(F)C(F)(F)OC(F)(F)C(F)(F)C(F)(F)C(F)(F)Cn2c(=O)n(CCCSCCCCCCCCCO)c(=O)n(CCCSCCCCCCCCCO)c2=O)c(=O)n1CCCSCCCCCCCCCO.